The van der Waals surface area contributed by atoms with Crippen molar-refractivity contribution < 1.29 is 91.0 Å². The standard InChI is InChI=1S/2C24H19N2.C22H17N2.C11H24O2.C8H18O2.C5H12O2.3Ir/c1-17-8-6-9-18(2)24(17)23-15-22(25-16-26-23)21-13-7-12-20(14-21)19-10-4-3-5-11-19;1-17-7-6-8-18(2)24(17)23-15-22(25-16-26-23)21-13-11-20(12-14-21)19-9-4-3-5-10-19;1-15-6-5-7-16(2)22(15)21-13-20(23-14-24-21)19-11-10-17-8-3-4-9-18(17)12-19;1-10(2,3)8(12)7-9(13)11(4,5)6;1-6(9)5-7(10)8(2,3)4;1-4(6)3-5(2)7;;;/h3-12,14-16H,1-2H3;3-13,15-16H,1-2H3;3-10,12-14H,1-2H3;8-9,12-13H,7H2,1-6H3;6-7,9-10H,5H2,1-4H3;4-7H,3H2,1-2H3;;;/q3*-1;;;;;;. The Morgan fingerprint density at radius 2 is 0.624 bits per heavy atom. The number of hydrogen-bond acceptors (Lipinski definition) is 12. The van der Waals surface area contributed by atoms with Crippen LogP contribution in [0.1, 0.15) is 136 Å². The Labute approximate surface area is 689 Å². The largest absolute Gasteiger partial charge is 0.393 e. The smallest absolute Gasteiger partial charge is 0.106 e. The zero-order valence-electron chi connectivity index (χ0n) is 66.3. The Balaban J connectivity index is 0.000000289. The molecule has 12 aromatic rings. The van der Waals surface area contributed by atoms with Crippen LogP contribution in [0.25, 0.3) is 101 Å². The van der Waals surface area contributed by atoms with Gasteiger partial charge in [-0.3, -0.25) is 15.0 Å². The van der Waals surface area contributed by atoms with Crippen LogP contribution in [0.4, 0.5) is 0 Å². The quantitative estimate of drug-likeness (QED) is 0.0564. The molecular formula is C94H109Ir3N6O6-3. The molecular weight excluding hydrogens is 1890 g/mol. The van der Waals surface area contributed by atoms with Crippen LogP contribution in [0, 0.1) is 76.0 Å². The van der Waals surface area contributed by atoms with Crippen LogP contribution in [0.15, 0.2) is 225 Å². The molecule has 3 radical (unpaired) electrons. The van der Waals surface area contributed by atoms with Crippen molar-refractivity contribution in [2.75, 3.05) is 0 Å². The minimum atomic E-state index is -0.443. The van der Waals surface area contributed by atoms with Crippen molar-refractivity contribution in [1.82, 2.24) is 29.9 Å². The first-order valence-electron chi connectivity index (χ1n) is 36.5. The first kappa shape index (κ1) is 93.6. The molecule has 6 N–H and O–H groups in total. The van der Waals surface area contributed by atoms with E-state index >= 15 is 0 Å². The molecule has 12 rings (SSSR count). The second kappa shape index (κ2) is 44.3. The van der Waals surface area contributed by atoms with E-state index in [1.165, 1.54) is 72.0 Å². The number of fused-ring (bicyclic) bond motifs is 1. The molecule has 6 unspecified atom stereocenters. The molecule has 581 valence electrons. The third kappa shape index (κ3) is 29.1. The van der Waals surface area contributed by atoms with Gasteiger partial charge < -0.3 is 30.6 Å². The van der Waals surface area contributed by atoms with E-state index in [4.69, 9.17) is 15.3 Å². The summed E-state index contributed by atoms with van der Waals surface area (Å²) in [5.74, 6) is 0. The summed E-state index contributed by atoms with van der Waals surface area (Å²) in [4.78, 5) is 26.9. The van der Waals surface area contributed by atoms with E-state index < -0.39 is 24.4 Å². The molecule has 0 saturated carbocycles. The molecule has 0 aliphatic carbocycles. The van der Waals surface area contributed by atoms with Crippen LogP contribution in [-0.2, 0) is 60.3 Å². The molecule has 6 atom stereocenters. The van der Waals surface area contributed by atoms with Crippen molar-refractivity contribution in [3.63, 3.8) is 0 Å². The molecule has 0 bridgehead atoms. The van der Waals surface area contributed by atoms with Crippen LogP contribution in [0.5, 0.6) is 0 Å². The van der Waals surface area contributed by atoms with E-state index in [0.29, 0.717) is 19.3 Å². The van der Waals surface area contributed by atoms with Crippen molar-refractivity contribution >= 4 is 10.8 Å². The molecule has 109 heavy (non-hydrogen) atoms. The Hall–Kier alpha value is -7.81. The van der Waals surface area contributed by atoms with Gasteiger partial charge in [0.1, 0.15) is 19.0 Å². The van der Waals surface area contributed by atoms with Crippen LogP contribution >= 0.6 is 0 Å². The topological polar surface area (TPSA) is 199 Å². The van der Waals surface area contributed by atoms with E-state index in [1.54, 1.807) is 39.8 Å². The maximum absolute atomic E-state index is 9.76. The fourth-order valence-electron chi connectivity index (χ4n) is 11.8. The number of aryl methyl sites for hydroxylation is 6. The molecule has 9 aromatic carbocycles. The molecule has 15 heteroatoms. The van der Waals surface area contributed by atoms with E-state index in [0.717, 1.165) is 62.0 Å². The summed E-state index contributed by atoms with van der Waals surface area (Å²) in [7, 11) is 0. The van der Waals surface area contributed by atoms with Crippen LogP contribution < -0.4 is 0 Å². The maximum Gasteiger partial charge on any atom is 0.106 e. The molecule has 0 amide bonds. The van der Waals surface area contributed by atoms with Gasteiger partial charge in [-0.1, -0.05) is 237 Å². The number of aliphatic hydroxyl groups excluding tert-OH is 6. The predicted molar refractivity (Wildman–Crippen MR) is 437 cm³/mol. The Bertz CT molecular complexity index is 4630. The minimum Gasteiger partial charge on any atom is -0.393 e. The van der Waals surface area contributed by atoms with Gasteiger partial charge >= 0.3 is 0 Å². The van der Waals surface area contributed by atoms with Crippen molar-refractivity contribution in [2.45, 2.75) is 181 Å². The maximum atomic E-state index is 9.76. The van der Waals surface area contributed by atoms with Gasteiger partial charge in [0, 0.05) is 83.4 Å². The summed E-state index contributed by atoms with van der Waals surface area (Å²) in [6, 6.07) is 80.6. The number of nitrogens with zero attached hydrogens (tertiary/aromatic N) is 6. The summed E-state index contributed by atoms with van der Waals surface area (Å²) in [5, 5.41) is 57.3. The summed E-state index contributed by atoms with van der Waals surface area (Å²) in [5.41, 5.74) is 23.6. The first-order valence-corrected chi connectivity index (χ1v) is 36.5. The van der Waals surface area contributed by atoms with Crippen LogP contribution in [-0.4, -0.2) is 97.2 Å². The van der Waals surface area contributed by atoms with Gasteiger partial charge in [0.05, 0.1) is 53.7 Å². The van der Waals surface area contributed by atoms with E-state index in [2.05, 4.69) is 235 Å². The molecule has 3 heterocycles. The fraction of sp³-hybridized carbons (Fsp3) is 0.319. The molecule has 12 nitrogen and oxygen atoms in total. The monoisotopic (exact) mass is 2000 g/mol. The molecule has 0 spiro atoms. The molecule has 0 fully saturated rings. The normalized spacial score (nSPS) is 12.6. The number of aromatic nitrogens is 6. The third-order valence-electron chi connectivity index (χ3n) is 18.2. The summed E-state index contributed by atoms with van der Waals surface area (Å²) >= 11 is 0. The van der Waals surface area contributed by atoms with Gasteiger partial charge in [0.25, 0.3) is 0 Å². The number of aliphatic hydroxyl groups is 6. The van der Waals surface area contributed by atoms with Crippen molar-refractivity contribution in [3.8, 4) is 89.8 Å². The number of hydrogen-bond donors (Lipinski definition) is 6. The summed E-state index contributed by atoms with van der Waals surface area (Å²) in [6.07, 6.45) is 3.84. The average Bonchev–Trinajstić information content (AvgIpc) is 0.813. The SMILES string of the molecule is CC(C)(C)C(O)CC(O)C(C)(C)C.CC(O)CC(C)O.CC(O)CC(O)C(C)(C)C.Cc1cccc(C)c1-c1cc(-c2[c-]cc(-c3ccccc3)cc2)ncn1.Cc1cccc(C)c1-c1cc(-c2[c-]cc3ccccc3c2)ncn1.Cc1cccc(C)c1-c1cc(-c2[c-]ccc(-c3ccccc3)c2)ncn1.[Ir].[Ir].[Ir]. The predicted octanol–water partition coefficient (Wildman–Crippen LogP) is 20.7. The third-order valence-corrected chi connectivity index (χ3v) is 18.2. The van der Waals surface area contributed by atoms with Crippen molar-refractivity contribution in [3.05, 3.63) is 277 Å². The number of benzene rings is 9. The second-order valence-electron chi connectivity index (χ2n) is 30.8. The Kier molecular flexibility index (Phi) is 38.0. The van der Waals surface area contributed by atoms with Gasteiger partial charge in [0.2, 0.25) is 0 Å². The summed E-state index contributed by atoms with van der Waals surface area (Å²) < 4.78 is 0. The number of rotatable bonds is 14. The first-order chi connectivity index (χ1) is 50.2. The van der Waals surface area contributed by atoms with Crippen LogP contribution in [0.3, 0.4) is 0 Å². The zero-order chi connectivity index (χ0) is 77.5. The molecule has 0 aliphatic rings. The van der Waals surface area contributed by atoms with Gasteiger partial charge in [0.15, 0.2) is 0 Å². The van der Waals surface area contributed by atoms with Gasteiger partial charge in [-0.2, -0.15) is 0 Å². The van der Waals surface area contributed by atoms with Crippen LogP contribution in [0.2, 0.25) is 0 Å². The summed E-state index contributed by atoms with van der Waals surface area (Å²) in [6.45, 7) is 35.5. The zero-order valence-corrected chi connectivity index (χ0v) is 73.5. The molecule has 0 saturated heterocycles. The second-order valence-corrected chi connectivity index (χ2v) is 30.8. The van der Waals surface area contributed by atoms with E-state index in [9.17, 15) is 15.3 Å². The van der Waals surface area contributed by atoms with Gasteiger partial charge in [-0.15, -0.1) is 94.4 Å². The molecule has 3 aromatic heterocycles. The van der Waals surface area contributed by atoms with E-state index in [1.807, 2.05) is 123 Å². The molecule has 0 aliphatic heterocycles. The average molecular weight is 2000 g/mol. The Morgan fingerprint density at radius 3 is 0.972 bits per heavy atom. The van der Waals surface area contributed by atoms with Gasteiger partial charge in [-0.25, -0.2) is 15.0 Å². The Morgan fingerprint density at radius 1 is 0.294 bits per heavy atom. The van der Waals surface area contributed by atoms with Gasteiger partial charge in [-0.05, 0) is 147 Å². The fourth-order valence-corrected chi connectivity index (χ4v) is 11.8. The van der Waals surface area contributed by atoms with Crippen molar-refractivity contribution in [1.29, 1.82) is 0 Å². The van der Waals surface area contributed by atoms with Crippen molar-refractivity contribution in [2.24, 2.45) is 16.2 Å². The minimum absolute atomic E-state index is 0. The van der Waals surface area contributed by atoms with E-state index in [-0.39, 0.29) is 88.8 Å².